The maximum Gasteiger partial charge on any atom is 0.270 e. The average Bonchev–Trinajstić information content (AvgIpc) is 2.65. The SMILES string of the molecule is CC(NC(=O)c1ccccn1)c1nc(-c2ccncn2)cc(=O)n1C. The number of nitrogens with one attached hydrogen (secondary N) is 1. The van der Waals surface area contributed by atoms with E-state index in [1.54, 1.807) is 50.6 Å². The van der Waals surface area contributed by atoms with Crippen molar-refractivity contribution in [2.24, 2.45) is 7.05 Å². The zero-order valence-corrected chi connectivity index (χ0v) is 13.7. The van der Waals surface area contributed by atoms with Gasteiger partial charge in [-0.3, -0.25) is 19.1 Å². The van der Waals surface area contributed by atoms with Crippen LogP contribution in [0.5, 0.6) is 0 Å². The van der Waals surface area contributed by atoms with Crippen LogP contribution < -0.4 is 10.9 Å². The topological polar surface area (TPSA) is 103 Å². The van der Waals surface area contributed by atoms with E-state index in [4.69, 9.17) is 0 Å². The van der Waals surface area contributed by atoms with Crippen LogP contribution in [-0.2, 0) is 7.05 Å². The molecule has 1 N–H and O–H groups in total. The van der Waals surface area contributed by atoms with Gasteiger partial charge in [0.15, 0.2) is 0 Å². The minimum Gasteiger partial charge on any atom is -0.341 e. The van der Waals surface area contributed by atoms with Gasteiger partial charge >= 0.3 is 0 Å². The number of hydrogen-bond donors (Lipinski definition) is 1. The lowest BCUT2D eigenvalue weighted by Crippen LogP contribution is -2.33. The summed E-state index contributed by atoms with van der Waals surface area (Å²) >= 11 is 0. The molecule has 0 spiro atoms. The molecule has 1 amide bonds. The van der Waals surface area contributed by atoms with E-state index in [1.807, 2.05) is 0 Å². The second-order valence-corrected chi connectivity index (χ2v) is 5.40. The molecule has 8 nitrogen and oxygen atoms in total. The zero-order chi connectivity index (χ0) is 17.8. The molecular weight excluding hydrogens is 320 g/mol. The average molecular weight is 336 g/mol. The maximum atomic E-state index is 12.3. The van der Waals surface area contributed by atoms with Crippen LogP contribution in [0.1, 0.15) is 29.3 Å². The van der Waals surface area contributed by atoms with Crippen LogP contribution >= 0.6 is 0 Å². The summed E-state index contributed by atoms with van der Waals surface area (Å²) in [5.41, 5.74) is 1.03. The quantitative estimate of drug-likeness (QED) is 0.766. The number of aromatic nitrogens is 5. The van der Waals surface area contributed by atoms with Gasteiger partial charge in [-0.1, -0.05) is 6.07 Å². The lowest BCUT2D eigenvalue weighted by Gasteiger charge is -2.17. The molecule has 3 heterocycles. The molecule has 0 fully saturated rings. The molecule has 0 aromatic carbocycles. The molecule has 25 heavy (non-hydrogen) atoms. The minimum absolute atomic E-state index is 0.238. The Morgan fingerprint density at radius 1 is 1.16 bits per heavy atom. The monoisotopic (exact) mass is 336 g/mol. The van der Waals surface area contributed by atoms with Gasteiger partial charge in [-0.25, -0.2) is 15.0 Å². The van der Waals surface area contributed by atoms with Crippen molar-refractivity contribution < 1.29 is 4.79 Å². The lowest BCUT2D eigenvalue weighted by molar-refractivity contribution is 0.0932. The first kappa shape index (κ1) is 16.4. The van der Waals surface area contributed by atoms with E-state index in [9.17, 15) is 9.59 Å². The minimum atomic E-state index is -0.492. The highest BCUT2D eigenvalue weighted by molar-refractivity contribution is 5.92. The van der Waals surface area contributed by atoms with Crippen LogP contribution in [-0.4, -0.2) is 30.4 Å². The zero-order valence-electron chi connectivity index (χ0n) is 13.7. The van der Waals surface area contributed by atoms with Crippen molar-refractivity contribution in [3.8, 4) is 11.4 Å². The smallest absolute Gasteiger partial charge is 0.270 e. The predicted octanol–water partition coefficient (Wildman–Crippen LogP) is 1.12. The Balaban J connectivity index is 1.92. The van der Waals surface area contributed by atoms with E-state index in [0.717, 1.165) is 0 Å². The van der Waals surface area contributed by atoms with Crippen molar-refractivity contribution in [3.05, 3.63) is 70.9 Å². The second-order valence-electron chi connectivity index (χ2n) is 5.40. The molecular formula is C17H16N6O2. The molecule has 1 unspecified atom stereocenters. The van der Waals surface area contributed by atoms with E-state index in [2.05, 4.69) is 25.3 Å². The first-order chi connectivity index (χ1) is 12.1. The van der Waals surface area contributed by atoms with Gasteiger partial charge in [0.05, 0.1) is 17.4 Å². The lowest BCUT2D eigenvalue weighted by atomic mass is 10.2. The third-order valence-corrected chi connectivity index (χ3v) is 3.65. The molecule has 0 saturated heterocycles. The highest BCUT2D eigenvalue weighted by Gasteiger charge is 2.18. The number of carbonyl (C=O) groups is 1. The van der Waals surface area contributed by atoms with Gasteiger partial charge in [-0.2, -0.15) is 0 Å². The summed E-state index contributed by atoms with van der Waals surface area (Å²) in [6, 6.07) is 7.66. The van der Waals surface area contributed by atoms with Crippen molar-refractivity contribution in [3.63, 3.8) is 0 Å². The van der Waals surface area contributed by atoms with Gasteiger partial charge in [-0.15, -0.1) is 0 Å². The second kappa shape index (κ2) is 7.00. The summed E-state index contributed by atoms with van der Waals surface area (Å²) in [7, 11) is 1.61. The number of nitrogens with zero attached hydrogens (tertiary/aromatic N) is 5. The fourth-order valence-corrected chi connectivity index (χ4v) is 2.35. The molecule has 8 heteroatoms. The van der Waals surface area contributed by atoms with Gasteiger partial charge in [-0.05, 0) is 25.1 Å². The molecule has 126 valence electrons. The molecule has 3 aromatic heterocycles. The van der Waals surface area contributed by atoms with Gasteiger partial charge in [0, 0.05) is 25.5 Å². The highest BCUT2D eigenvalue weighted by Crippen LogP contribution is 2.15. The first-order valence-electron chi connectivity index (χ1n) is 7.62. The summed E-state index contributed by atoms with van der Waals surface area (Å²) in [5, 5.41) is 2.80. The van der Waals surface area contributed by atoms with Gasteiger partial charge < -0.3 is 5.32 Å². The van der Waals surface area contributed by atoms with E-state index in [0.29, 0.717) is 22.9 Å². The third-order valence-electron chi connectivity index (χ3n) is 3.65. The van der Waals surface area contributed by atoms with Crippen LogP contribution in [0.15, 0.2) is 53.8 Å². The van der Waals surface area contributed by atoms with Crippen LogP contribution in [0.25, 0.3) is 11.4 Å². The van der Waals surface area contributed by atoms with Crippen molar-refractivity contribution in [2.75, 3.05) is 0 Å². The fourth-order valence-electron chi connectivity index (χ4n) is 2.35. The standard InChI is InChI=1S/C17H16N6O2/c1-11(21-17(25)13-5-3-4-7-19-13)16-22-14(9-15(24)23(16)2)12-6-8-18-10-20-12/h3-11H,1-2H3,(H,21,25). The van der Waals surface area contributed by atoms with Crippen LogP contribution in [0.4, 0.5) is 0 Å². The van der Waals surface area contributed by atoms with Gasteiger partial charge in [0.25, 0.3) is 11.5 Å². The van der Waals surface area contributed by atoms with Crippen molar-refractivity contribution in [2.45, 2.75) is 13.0 Å². The maximum absolute atomic E-state index is 12.3. The molecule has 3 rings (SSSR count). The first-order valence-corrected chi connectivity index (χ1v) is 7.62. The van der Waals surface area contributed by atoms with Gasteiger partial charge in [0.2, 0.25) is 0 Å². The molecule has 1 atom stereocenters. The Bertz CT molecular complexity index is 940. The Hall–Kier alpha value is -3.42. The summed E-state index contributed by atoms with van der Waals surface area (Å²) in [6.07, 6.45) is 4.51. The number of hydrogen-bond acceptors (Lipinski definition) is 6. The summed E-state index contributed by atoms with van der Waals surface area (Å²) in [5.74, 6) is 0.0835. The summed E-state index contributed by atoms with van der Waals surface area (Å²) in [6.45, 7) is 1.76. The Kier molecular flexibility index (Phi) is 4.60. The Morgan fingerprint density at radius 2 is 2.00 bits per heavy atom. The summed E-state index contributed by atoms with van der Waals surface area (Å²) in [4.78, 5) is 41.0. The van der Waals surface area contributed by atoms with E-state index in [-0.39, 0.29) is 11.5 Å². The number of amides is 1. The van der Waals surface area contributed by atoms with E-state index < -0.39 is 6.04 Å². The largest absolute Gasteiger partial charge is 0.341 e. The van der Waals surface area contributed by atoms with E-state index >= 15 is 0 Å². The molecule has 0 radical (unpaired) electrons. The van der Waals surface area contributed by atoms with Crippen LogP contribution in [0, 0.1) is 0 Å². The molecule has 0 saturated carbocycles. The normalized spacial score (nSPS) is 11.8. The Morgan fingerprint density at radius 3 is 2.68 bits per heavy atom. The molecule has 3 aromatic rings. The number of carbonyl (C=O) groups excluding carboxylic acids is 1. The molecule has 0 bridgehead atoms. The highest BCUT2D eigenvalue weighted by atomic mass is 16.2. The Labute approximate surface area is 143 Å². The molecule has 0 aliphatic heterocycles. The third kappa shape index (κ3) is 3.57. The summed E-state index contributed by atoms with van der Waals surface area (Å²) < 4.78 is 1.40. The van der Waals surface area contributed by atoms with Gasteiger partial charge in [0.1, 0.15) is 17.8 Å². The molecule has 0 aliphatic rings. The number of rotatable bonds is 4. The van der Waals surface area contributed by atoms with Crippen LogP contribution in [0.3, 0.4) is 0 Å². The van der Waals surface area contributed by atoms with Crippen LogP contribution in [0.2, 0.25) is 0 Å². The predicted molar refractivity (Wildman–Crippen MR) is 90.6 cm³/mol. The van der Waals surface area contributed by atoms with Crippen molar-refractivity contribution >= 4 is 5.91 Å². The fraction of sp³-hybridized carbons (Fsp3) is 0.176. The van der Waals surface area contributed by atoms with E-state index in [1.165, 1.54) is 17.0 Å². The molecule has 0 aliphatic carbocycles. The van der Waals surface area contributed by atoms with Crippen molar-refractivity contribution in [1.29, 1.82) is 0 Å². The number of pyridine rings is 1. The van der Waals surface area contributed by atoms with Crippen molar-refractivity contribution in [1.82, 2.24) is 29.8 Å².